The third-order valence-electron chi connectivity index (χ3n) is 4.39. The Morgan fingerprint density at radius 2 is 2.04 bits per heavy atom. The molecule has 0 aliphatic carbocycles. The highest BCUT2D eigenvalue weighted by atomic mass is 19.4. The Kier molecular flexibility index (Phi) is 5.38. The Labute approximate surface area is 155 Å². The first-order valence-corrected chi connectivity index (χ1v) is 8.25. The van der Waals surface area contributed by atoms with E-state index in [9.17, 15) is 32.1 Å². The van der Waals surface area contributed by atoms with Crippen LogP contribution in [0.25, 0.3) is 0 Å². The van der Waals surface area contributed by atoms with E-state index < -0.39 is 34.8 Å². The monoisotopic (exact) mass is 406 g/mol. The van der Waals surface area contributed by atoms with Crippen LogP contribution in [-0.4, -0.2) is 34.4 Å². The zero-order chi connectivity index (χ0) is 20.5. The Balaban J connectivity index is 1.82. The number of hydrogen-bond donors (Lipinski definition) is 0. The van der Waals surface area contributed by atoms with Crippen LogP contribution >= 0.6 is 0 Å². The summed E-state index contributed by atoms with van der Waals surface area (Å²) >= 11 is 0. The third kappa shape index (κ3) is 4.31. The van der Waals surface area contributed by atoms with Gasteiger partial charge >= 0.3 is 18.5 Å². The van der Waals surface area contributed by atoms with E-state index in [2.05, 4.69) is 9.84 Å². The van der Waals surface area contributed by atoms with Crippen molar-refractivity contribution in [3.05, 3.63) is 46.3 Å². The lowest BCUT2D eigenvalue weighted by molar-refractivity contribution is -0.386. The van der Waals surface area contributed by atoms with Crippen molar-refractivity contribution >= 4 is 11.4 Å². The molecule has 0 bridgehead atoms. The van der Waals surface area contributed by atoms with Gasteiger partial charge in [-0.3, -0.25) is 14.8 Å². The molecule has 1 aromatic carbocycles. The lowest BCUT2D eigenvalue weighted by atomic mass is 10.0. The van der Waals surface area contributed by atoms with E-state index in [-0.39, 0.29) is 12.6 Å². The fourth-order valence-corrected chi connectivity index (χ4v) is 3.14. The molecule has 2 heterocycles. The minimum absolute atomic E-state index is 0.269. The van der Waals surface area contributed by atoms with Crippen molar-refractivity contribution in [3.63, 3.8) is 0 Å². The number of piperidine rings is 1. The molecule has 0 N–H and O–H groups in total. The number of anilines is 1. The maximum Gasteiger partial charge on any atom is 0.435 e. The molecule has 1 aliphatic rings. The predicted molar refractivity (Wildman–Crippen MR) is 87.4 cm³/mol. The molecule has 1 unspecified atom stereocenters. The van der Waals surface area contributed by atoms with Gasteiger partial charge in [-0.25, -0.2) is 0 Å². The summed E-state index contributed by atoms with van der Waals surface area (Å²) in [6.45, 7) is -2.45. The number of nitro benzene ring substituents is 1. The second-order valence-corrected chi connectivity index (χ2v) is 6.21. The van der Waals surface area contributed by atoms with Crippen LogP contribution in [0.3, 0.4) is 0 Å². The molecule has 0 radical (unpaired) electrons. The maximum atomic E-state index is 12.7. The van der Waals surface area contributed by atoms with E-state index >= 15 is 0 Å². The summed E-state index contributed by atoms with van der Waals surface area (Å²) in [4.78, 5) is 11.9. The van der Waals surface area contributed by atoms with Gasteiger partial charge in [-0.2, -0.15) is 27.1 Å². The van der Waals surface area contributed by atoms with Gasteiger partial charge in [0.25, 0.3) is 0 Å². The van der Waals surface area contributed by atoms with Crippen LogP contribution in [0.4, 0.5) is 33.3 Å². The van der Waals surface area contributed by atoms with Crippen molar-refractivity contribution in [3.8, 4) is 5.75 Å². The van der Waals surface area contributed by atoms with Gasteiger partial charge in [0, 0.05) is 37.1 Å². The van der Waals surface area contributed by atoms with Crippen LogP contribution in [0, 0.1) is 10.1 Å². The summed E-state index contributed by atoms with van der Waals surface area (Å²) in [7, 11) is 0. The Morgan fingerprint density at radius 1 is 1.29 bits per heavy atom. The molecule has 7 nitrogen and oxygen atoms in total. The van der Waals surface area contributed by atoms with E-state index in [0.29, 0.717) is 25.1 Å². The van der Waals surface area contributed by atoms with E-state index in [1.165, 1.54) is 16.9 Å². The molecule has 1 fully saturated rings. The number of hydrogen-bond acceptors (Lipinski definition) is 5. The number of halogens is 5. The van der Waals surface area contributed by atoms with Crippen LogP contribution in [-0.2, 0) is 6.18 Å². The van der Waals surface area contributed by atoms with E-state index in [1.54, 1.807) is 4.90 Å². The number of aromatic nitrogens is 2. The molecule has 1 atom stereocenters. The number of nitrogens with zero attached hydrogens (tertiary/aromatic N) is 4. The van der Waals surface area contributed by atoms with Crippen LogP contribution in [0.1, 0.15) is 24.6 Å². The SMILES string of the molecule is O=[N+]([O-])c1ccc(N2CCCC(n3ccc(C(F)(F)F)n3)C2)cc1OC(F)F. The average molecular weight is 406 g/mol. The quantitative estimate of drug-likeness (QED) is 0.422. The summed E-state index contributed by atoms with van der Waals surface area (Å²) in [6.07, 6.45) is -2.09. The molecule has 0 saturated carbocycles. The summed E-state index contributed by atoms with van der Waals surface area (Å²) < 4.78 is 68.8. The highest BCUT2D eigenvalue weighted by Gasteiger charge is 2.34. The summed E-state index contributed by atoms with van der Waals surface area (Å²) in [5, 5.41) is 14.6. The van der Waals surface area contributed by atoms with E-state index in [0.717, 1.165) is 18.2 Å². The van der Waals surface area contributed by atoms with Crippen molar-refractivity contribution in [1.82, 2.24) is 9.78 Å². The van der Waals surface area contributed by atoms with Gasteiger partial charge in [0.2, 0.25) is 5.75 Å². The molecule has 0 spiro atoms. The molecule has 28 heavy (non-hydrogen) atoms. The summed E-state index contributed by atoms with van der Waals surface area (Å²) in [5.74, 6) is -0.571. The fraction of sp³-hybridized carbons (Fsp3) is 0.438. The van der Waals surface area contributed by atoms with Gasteiger partial charge in [0.1, 0.15) is 0 Å². The van der Waals surface area contributed by atoms with Gasteiger partial charge in [0.15, 0.2) is 5.69 Å². The molecular formula is C16H15F5N4O3. The summed E-state index contributed by atoms with van der Waals surface area (Å²) in [6, 6.07) is 4.12. The van der Waals surface area contributed by atoms with Crippen LogP contribution in [0.2, 0.25) is 0 Å². The molecule has 0 amide bonds. The van der Waals surface area contributed by atoms with Gasteiger partial charge in [-0.1, -0.05) is 0 Å². The molecule has 3 rings (SSSR count). The van der Waals surface area contributed by atoms with Gasteiger partial charge in [0.05, 0.1) is 11.0 Å². The molecule has 2 aromatic rings. The number of nitro groups is 1. The highest BCUT2D eigenvalue weighted by Crippen LogP contribution is 2.35. The number of benzene rings is 1. The van der Waals surface area contributed by atoms with E-state index in [4.69, 9.17) is 0 Å². The Bertz CT molecular complexity index is 855. The van der Waals surface area contributed by atoms with Crippen LogP contribution < -0.4 is 9.64 Å². The van der Waals surface area contributed by atoms with E-state index in [1.807, 2.05) is 0 Å². The first-order valence-electron chi connectivity index (χ1n) is 8.25. The van der Waals surface area contributed by atoms with Crippen LogP contribution in [0.5, 0.6) is 5.75 Å². The lowest BCUT2D eigenvalue weighted by Crippen LogP contribution is -2.37. The topological polar surface area (TPSA) is 73.4 Å². The second-order valence-electron chi connectivity index (χ2n) is 6.21. The molecule has 152 valence electrons. The van der Waals surface area contributed by atoms with Crippen molar-refractivity contribution in [1.29, 1.82) is 0 Å². The molecule has 12 heteroatoms. The minimum Gasteiger partial charge on any atom is -0.427 e. The average Bonchev–Trinajstić information content (AvgIpc) is 3.11. The van der Waals surface area contributed by atoms with Crippen molar-refractivity contribution in [2.45, 2.75) is 31.7 Å². The zero-order valence-corrected chi connectivity index (χ0v) is 14.3. The standard InChI is InChI=1S/C16H15F5N4O3/c17-15(18)28-13-8-10(3-4-12(13)25(26)27)23-6-1-2-11(9-23)24-7-5-14(22-24)16(19,20)21/h3-5,7-8,11,15H,1-2,6,9H2. The van der Waals surface area contributed by atoms with Crippen molar-refractivity contribution < 1.29 is 31.6 Å². The lowest BCUT2D eigenvalue weighted by Gasteiger charge is -2.34. The Morgan fingerprint density at radius 3 is 2.64 bits per heavy atom. The fourth-order valence-electron chi connectivity index (χ4n) is 3.14. The minimum atomic E-state index is -4.54. The smallest absolute Gasteiger partial charge is 0.427 e. The predicted octanol–water partition coefficient (Wildman–Crippen LogP) is 4.25. The number of alkyl halides is 5. The van der Waals surface area contributed by atoms with Crippen LogP contribution in [0.15, 0.2) is 30.5 Å². The first-order chi connectivity index (χ1) is 13.1. The largest absolute Gasteiger partial charge is 0.435 e. The molecule has 1 aliphatic heterocycles. The van der Waals surface area contributed by atoms with Crippen molar-refractivity contribution in [2.24, 2.45) is 0 Å². The Hall–Kier alpha value is -2.92. The number of rotatable bonds is 5. The third-order valence-corrected chi connectivity index (χ3v) is 4.39. The first kappa shape index (κ1) is 19.8. The molecular weight excluding hydrogens is 391 g/mol. The maximum absolute atomic E-state index is 12.7. The molecule has 1 aromatic heterocycles. The normalized spacial score (nSPS) is 17.8. The van der Waals surface area contributed by atoms with Gasteiger partial charge in [-0.05, 0) is 25.0 Å². The zero-order valence-electron chi connectivity index (χ0n) is 14.3. The number of ether oxygens (including phenoxy) is 1. The van der Waals surface area contributed by atoms with Gasteiger partial charge in [-0.15, -0.1) is 0 Å². The highest BCUT2D eigenvalue weighted by molar-refractivity contribution is 5.59. The van der Waals surface area contributed by atoms with Gasteiger partial charge < -0.3 is 9.64 Å². The van der Waals surface area contributed by atoms with Crippen molar-refractivity contribution in [2.75, 3.05) is 18.0 Å². The summed E-state index contributed by atoms with van der Waals surface area (Å²) in [5.41, 5.74) is -1.19. The molecule has 1 saturated heterocycles. The second kappa shape index (κ2) is 7.60.